The van der Waals surface area contributed by atoms with E-state index in [1.807, 2.05) is 0 Å². The standard InChI is InChI=1S/C26H26BCl2F2N7O/c1-24(2,3)13-34-22-15(10-32)11-33-23-17(22)8-16(9-20(23)29)35-26(27,18-6-4-5-7-19(18)28)21-12-38(37-36-21)25(30,31)14-39/h4-9,11-12,35-37,39H,13-14H2,1-3H3,(H,33,34). The number of hydrogen-bond donors (Lipinski definition) is 5. The monoisotopic (exact) mass is 571 g/mol. The second-order valence-corrected chi connectivity index (χ2v) is 11.1. The van der Waals surface area contributed by atoms with Gasteiger partial charge in [-0.2, -0.15) is 14.0 Å². The van der Waals surface area contributed by atoms with Gasteiger partial charge in [0.15, 0.2) is 0 Å². The van der Waals surface area contributed by atoms with Crippen molar-refractivity contribution >= 4 is 53.3 Å². The SMILES string of the molecule is [B]C(Nc1cc(Cl)c2ncc(C#N)c(NCC(C)(C)C)c2c1)(C1=CN(C(F)(F)CO)NN1)c1ccccc1Cl. The minimum atomic E-state index is -3.62. The van der Waals surface area contributed by atoms with Gasteiger partial charge in [0.1, 0.15) is 20.5 Å². The van der Waals surface area contributed by atoms with Crippen LogP contribution in [-0.2, 0) is 5.44 Å². The summed E-state index contributed by atoms with van der Waals surface area (Å²) in [6, 6.07) is 8.55. The van der Waals surface area contributed by atoms with E-state index < -0.39 is 18.1 Å². The third-order valence-corrected chi connectivity index (χ3v) is 6.64. The Morgan fingerprint density at radius 1 is 1.18 bits per heavy atom. The molecule has 0 fully saturated rings. The summed E-state index contributed by atoms with van der Waals surface area (Å²) < 4.78 is 28.4. The van der Waals surface area contributed by atoms with Crippen LogP contribution < -0.4 is 21.6 Å². The fourth-order valence-electron chi connectivity index (χ4n) is 4.02. The highest BCUT2D eigenvalue weighted by molar-refractivity contribution is 6.36. The molecule has 2 radical (unpaired) electrons. The molecular formula is C26H26BCl2F2N7O. The first-order valence-electron chi connectivity index (χ1n) is 11.9. The number of hydrazine groups is 2. The molecule has 1 atom stereocenters. The van der Waals surface area contributed by atoms with Gasteiger partial charge in [0.25, 0.3) is 0 Å². The summed E-state index contributed by atoms with van der Waals surface area (Å²) in [4.78, 5) is 4.37. The third kappa shape index (κ3) is 5.84. The molecule has 8 nitrogen and oxygen atoms in total. The third-order valence-electron chi connectivity index (χ3n) is 6.02. The van der Waals surface area contributed by atoms with E-state index in [1.165, 1.54) is 6.20 Å². The number of nitrogens with zero attached hydrogens (tertiary/aromatic N) is 3. The molecule has 0 aliphatic carbocycles. The van der Waals surface area contributed by atoms with Crippen molar-refractivity contribution in [2.24, 2.45) is 5.41 Å². The lowest BCUT2D eigenvalue weighted by Crippen LogP contribution is -2.50. The largest absolute Gasteiger partial charge is 0.388 e. The number of rotatable bonds is 8. The van der Waals surface area contributed by atoms with Crippen molar-refractivity contribution in [3.8, 4) is 6.07 Å². The van der Waals surface area contributed by atoms with Crippen molar-refractivity contribution in [1.29, 1.82) is 5.26 Å². The summed E-state index contributed by atoms with van der Waals surface area (Å²) in [5, 5.41) is 26.9. The van der Waals surface area contributed by atoms with E-state index in [0.717, 1.165) is 6.20 Å². The number of hydrogen-bond acceptors (Lipinski definition) is 8. The van der Waals surface area contributed by atoms with Crippen molar-refractivity contribution in [2.75, 3.05) is 23.8 Å². The van der Waals surface area contributed by atoms with Gasteiger partial charge in [-0.1, -0.05) is 62.2 Å². The first kappa shape index (κ1) is 28.7. The zero-order chi connectivity index (χ0) is 28.6. The molecule has 0 spiro atoms. The molecular weight excluding hydrogens is 546 g/mol. The summed E-state index contributed by atoms with van der Waals surface area (Å²) in [6.45, 7) is 5.31. The minimum Gasteiger partial charge on any atom is -0.388 e. The molecule has 39 heavy (non-hydrogen) atoms. The highest BCUT2D eigenvalue weighted by Gasteiger charge is 2.42. The van der Waals surface area contributed by atoms with Gasteiger partial charge in [-0.3, -0.25) is 4.98 Å². The number of nitriles is 1. The van der Waals surface area contributed by atoms with E-state index in [9.17, 15) is 14.0 Å². The van der Waals surface area contributed by atoms with Gasteiger partial charge in [-0.25, -0.2) is 5.01 Å². The second-order valence-electron chi connectivity index (χ2n) is 10.3. The topological polar surface area (TPSA) is 108 Å². The fourth-order valence-corrected chi connectivity index (χ4v) is 4.57. The Balaban J connectivity index is 1.86. The molecule has 1 aliphatic rings. The van der Waals surface area contributed by atoms with E-state index in [2.05, 4.69) is 53.4 Å². The highest BCUT2D eigenvalue weighted by atomic mass is 35.5. The number of halogens is 4. The van der Waals surface area contributed by atoms with Gasteiger partial charge in [-0.15, -0.1) is 5.53 Å². The van der Waals surface area contributed by atoms with Gasteiger partial charge < -0.3 is 21.2 Å². The number of aliphatic hydroxyl groups is 1. The molecule has 3 aromatic rings. The molecule has 13 heteroatoms. The Morgan fingerprint density at radius 3 is 2.54 bits per heavy atom. The summed E-state index contributed by atoms with van der Waals surface area (Å²) >= 11 is 13.1. The summed E-state index contributed by atoms with van der Waals surface area (Å²) in [5.41, 5.74) is 5.39. The zero-order valence-electron chi connectivity index (χ0n) is 21.4. The van der Waals surface area contributed by atoms with Crippen molar-refractivity contribution in [3.63, 3.8) is 0 Å². The lowest BCUT2D eigenvalue weighted by atomic mass is 9.69. The number of alkyl halides is 2. The smallest absolute Gasteiger partial charge is 0.362 e. The number of benzene rings is 2. The number of anilines is 2. The van der Waals surface area contributed by atoms with Gasteiger partial charge in [-0.05, 0) is 29.2 Å². The molecule has 5 N–H and O–H groups in total. The predicted molar refractivity (Wildman–Crippen MR) is 150 cm³/mol. The molecule has 2 aromatic carbocycles. The van der Waals surface area contributed by atoms with E-state index in [-0.39, 0.29) is 21.2 Å². The lowest BCUT2D eigenvalue weighted by molar-refractivity contribution is -0.171. The molecule has 1 unspecified atom stereocenters. The maximum Gasteiger partial charge on any atom is 0.362 e. The van der Waals surface area contributed by atoms with E-state index in [1.54, 1.807) is 36.4 Å². The Labute approximate surface area is 236 Å². The van der Waals surface area contributed by atoms with Crippen LogP contribution >= 0.6 is 23.2 Å². The first-order valence-corrected chi connectivity index (χ1v) is 12.6. The number of pyridine rings is 1. The van der Waals surface area contributed by atoms with Crippen molar-refractivity contribution in [3.05, 3.63) is 75.7 Å². The van der Waals surface area contributed by atoms with Crippen molar-refractivity contribution in [1.82, 2.24) is 21.0 Å². The Bertz CT molecular complexity index is 1480. The van der Waals surface area contributed by atoms with Crippen LogP contribution in [0.2, 0.25) is 10.0 Å². The van der Waals surface area contributed by atoms with Crippen LogP contribution in [0.15, 0.2) is 54.5 Å². The molecule has 1 aromatic heterocycles. The molecule has 1 aliphatic heterocycles. The average molecular weight is 572 g/mol. The maximum atomic E-state index is 14.2. The van der Waals surface area contributed by atoms with Crippen LogP contribution in [0.4, 0.5) is 20.2 Å². The van der Waals surface area contributed by atoms with Crippen molar-refractivity contribution < 1.29 is 13.9 Å². The van der Waals surface area contributed by atoms with Gasteiger partial charge in [0.05, 0.1) is 32.9 Å². The number of fused-ring (bicyclic) bond motifs is 1. The second kappa shape index (κ2) is 10.7. The van der Waals surface area contributed by atoms with Crippen LogP contribution in [0.5, 0.6) is 0 Å². The molecule has 0 amide bonds. The normalized spacial score (nSPS) is 15.4. The van der Waals surface area contributed by atoms with Crippen LogP contribution in [0, 0.1) is 16.7 Å². The van der Waals surface area contributed by atoms with Crippen LogP contribution in [-0.4, -0.2) is 42.1 Å². The molecule has 202 valence electrons. The molecule has 2 heterocycles. The van der Waals surface area contributed by atoms with Crippen molar-refractivity contribution in [2.45, 2.75) is 32.3 Å². The van der Waals surface area contributed by atoms with Crippen LogP contribution in [0.1, 0.15) is 31.9 Å². The lowest BCUT2D eigenvalue weighted by Gasteiger charge is -2.35. The molecule has 0 saturated heterocycles. The fraction of sp³-hybridized carbons (Fsp3) is 0.308. The summed E-state index contributed by atoms with van der Waals surface area (Å²) in [5.74, 6) is 0. The highest BCUT2D eigenvalue weighted by Crippen LogP contribution is 2.39. The molecule has 0 bridgehead atoms. The average Bonchev–Trinajstić information content (AvgIpc) is 3.39. The molecule has 0 saturated carbocycles. The number of aliphatic hydroxyl groups excluding tert-OH is 1. The summed E-state index contributed by atoms with van der Waals surface area (Å²) in [7, 11) is 6.88. The predicted octanol–water partition coefficient (Wildman–Crippen LogP) is 5.06. The van der Waals surface area contributed by atoms with E-state index in [0.29, 0.717) is 45.0 Å². The van der Waals surface area contributed by atoms with Gasteiger partial charge in [0, 0.05) is 35.0 Å². The zero-order valence-corrected chi connectivity index (χ0v) is 22.9. The van der Waals surface area contributed by atoms with Gasteiger partial charge in [0.2, 0.25) is 0 Å². The van der Waals surface area contributed by atoms with E-state index in [4.69, 9.17) is 36.2 Å². The Morgan fingerprint density at radius 2 is 1.90 bits per heavy atom. The Kier molecular flexibility index (Phi) is 7.87. The minimum absolute atomic E-state index is 0.0786. The molecule has 4 rings (SSSR count). The number of aromatic nitrogens is 1. The first-order chi connectivity index (χ1) is 18.3. The van der Waals surface area contributed by atoms with E-state index >= 15 is 0 Å². The number of nitrogens with one attached hydrogen (secondary N) is 4. The Hall–Kier alpha value is -3.30. The van der Waals surface area contributed by atoms with Gasteiger partial charge >= 0.3 is 6.05 Å². The summed E-state index contributed by atoms with van der Waals surface area (Å²) in [6.07, 6.45) is 2.50. The quantitative estimate of drug-likeness (QED) is 0.189. The van der Waals surface area contributed by atoms with Crippen LogP contribution in [0.25, 0.3) is 10.9 Å². The maximum absolute atomic E-state index is 14.2. The van der Waals surface area contributed by atoms with Crippen LogP contribution in [0.3, 0.4) is 0 Å².